The molecule has 9 nitrogen and oxygen atoms in total. The van der Waals surface area contributed by atoms with Gasteiger partial charge >= 0.3 is 12.3 Å². The van der Waals surface area contributed by atoms with E-state index in [1.165, 1.54) is 12.1 Å². The number of amides is 1. The molecule has 0 heterocycles. The Balaban J connectivity index is 2.96. The van der Waals surface area contributed by atoms with Gasteiger partial charge in [-0.3, -0.25) is 4.79 Å². The van der Waals surface area contributed by atoms with Gasteiger partial charge in [0.1, 0.15) is 0 Å². The van der Waals surface area contributed by atoms with Crippen LogP contribution in [0.4, 0.5) is 9.59 Å². The molecule has 0 aliphatic carbocycles. The van der Waals surface area contributed by atoms with E-state index in [0.29, 0.717) is 5.56 Å². The molecule has 0 unspecified atom stereocenters. The topological polar surface area (TPSA) is 142 Å². The van der Waals surface area contributed by atoms with Gasteiger partial charge in [0, 0.05) is 6.42 Å². The molecule has 1 atom stereocenters. The van der Waals surface area contributed by atoms with Gasteiger partial charge in [-0.15, -0.1) is 0 Å². The van der Waals surface area contributed by atoms with Crippen molar-refractivity contribution in [1.29, 1.82) is 0 Å². The third-order valence-corrected chi connectivity index (χ3v) is 3.35. The Kier molecular flexibility index (Phi) is 9.23. The third kappa shape index (κ3) is 8.72. The van der Waals surface area contributed by atoms with Gasteiger partial charge in [-0.05, 0) is 29.5 Å². The van der Waals surface area contributed by atoms with E-state index >= 15 is 0 Å². The van der Waals surface area contributed by atoms with Crippen molar-refractivity contribution < 1.29 is 39.1 Å². The number of ether oxygens (including phenoxy) is 4. The highest BCUT2D eigenvalue weighted by Gasteiger charge is 2.20. The molecular formula is C19H29N2O7+. The lowest BCUT2D eigenvalue weighted by atomic mass is 10.1. The minimum absolute atomic E-state index is 0.0151. The zero-order chi connectivity index (χ0) is 21.3. The first-order chi connectivity index (χ1) is 13.1. The minimum atomic E-state index is -0.938. The summed E-state index contributed by atoms with van der Waals surface area (Å²) in [7, 11) is 0. The molecule has 0 spiro atoms. The van der Waals surface area contributed by atoms with E-state index in [2.05, 4.69) is 5.73 Å². The first-order valence-corrected chi connectivity index (χ1v) is 9.03. The zero-order valence-electron chi connectivity index (χ0n) is 16.7. The number of rotatable bonds is 9. The second-order valence-corrected chi connectivity index (χ2v) is 7.20. The van der Waals surface area contributed by atoms with Gasteiger partial charge in [0.25, 0.3) is 5.91 Å². The summed E-state index contributed by atoms with van der Waals surface area (Å²) in [5.41, 5.74) is 9.52. The Morgan fingerprint density at radius 2 is 1.43 bits per heavy atom. The lowest BCUT2D eigenvalue weighted by Gasteiger charge is -2.14. The van der Waals surface area contributed by atoms with E-state index < -0.39 is 24.3 Å². The highest BCUT2D eigenvalue weighted by molar-refractivity contribution is 5.78. The Hall–Kier alpha value is -2.81. The number of nitrogens with two attached hydrogens (primary N) is 1. The summed E-state index contributed by atoms with van der Waals surface area (Å²) >= 11 is 0. The summed E-state index contributed by atoms with van der Waals surface area (Å²) in [6.07, 6.45) is -1.63. The summed E-state index contributed by atoms with van der Waals surface area (Å²) in [6.45, 7) is 7.89. The molecule has 1 aromatic carbocycles. The lowest BCUT2D eigenvalue weighted by molar-refractivity contribution is -0.402. The van der Waals surface area contributed by atoms with Crippen LogP contribution in [0.1, 0.15) is 33.3 Å². The normalized spacial score (nSPS) is 11.8. The number of quaternary nitrogens is 1. The number of carbonyl (C=O) groups is 3. The summed E-state index contributed by atoms with van der Waals surface area (Å²) < 4.78 is 20.3. The fraction of sp³-hybridized carbons (Fsp3) is 0.526. The number of carbonyl (C=O) groups excluding carboxylic acids is 3. The molecule has 0 aromatic heterocycles. The Bertz CT molecular complexity index is 689. The monoisotopic (exact) mass is 397 g/mol. The van der Waals surface area contributed by atoms with E-state index in [0.717, 1.165) is 0 Å². The number of hydrogen-bond donors (Lipinski definition) is 2. The number of benzene rings is 1. The van der Waals surface area contributed by atoms with Crippen molar-refractivity contribution in [2.75, 3.05) is 13.2 Å². The van der Waals surface area contributed by atoms with Crippen molar-refractivity contribution in [2.45, 2.75) is 40.2 Å². The molecule has 1 aromatic rings. The van der Waals surface area contributed by atoms with Crippen LogP contribution in [0.15, 0.2) is 18.2 Å². The van der Waals surface area contributed by atoms with Crippen molar-refractivity contribution in [3.8, 4) is 11.5 Å². The highest BCUT2D eigenvalue weighted by atomic mass is 16.7. The quantitative estimate of drug-likeness (QED) is 0.477. The molecule has 0 radical (unpaired) electrons. The summed E-state index contributed by atoms with van der Waals surface area (Å²) in [5.74, 6) is -0.345. The average molecular weight is 397 g/mol. The van der Waals surface area contributed by atoms with Crippen LogP contribution in [0.2, 0.25) is 0 Å². The molecule has 0 fully saturated rings. The molecule has 0 saturated heterocycles. The van der Waals surface area contributed by atoms with E-state index in [9.17, 15) is 14.4 Å². The fourth-order valence-electron chi connectivity index (χ4n) is 1.94. The third-order valence-electron chi connectivity index (χ3n) is 3.35. The molecule has 28 heavy (non-hydrogen) atoms. The van der Waals surface area contributed by atoms with Crippen molar-refractivity contribution in [2.24, 2.45) is 17.6 Å². The molecule has 0 aliphatic rings. The first-order valence-electron chi connectivity index (χ1n) is 9.03. The molecule has 0 bridgehead atoms. The van der Waals surface area contributed by atoms with Gasteiger partial charge in [0.05, 0.1) is 13.2 Å². The maximum atomic E-state index is 11.9. The van der Waals surface area contributed by atoms with E-state index in [-0.39, 0.29) is 43.0 Å². The second kappa shape index (κ2) is 11.1. The molecule has 9 heteroatoms. The highest BCUT2D eigenvalue weighted by Crippen LogP contribution is 2.30. The second-order valence-electron chi connectivity index (χ2n) is 7.20. The van der Waals surface area contributed by atoms with Gasteiger partial charge in [-0.25, -0.2) is 9.59 Å². The Labute approximate surface area is 164 Å². The van der Waals surface area contributed by atoms with Crippen LogP contribution in [0.25, 0.3) is 0 Å². The van der Waals surface area contributed by atoms with Crippen molar-refractivity contribution in [3.05, 3.63) is 23.8 Å². The Morgan fingerprint density at radius 3 is 1.89 bits per heavy atom. The van der Waals surface area contributed by atoms with Crippen LogP contribution in [-0.2, 0) is 20.7 Å². The van der Waals surface area contributed by atoms with Crippen molar-refractivity contribution in [1.82, 2.24) is 0 Å². The van der Waals surface area contributed by atoms with Crippen molar-refractivity contribution >= 4 is 18.2 Å². The SMILES string of the molecule is CC(C)COC(=O)Oc1ccc(C[C@H]([NH3+])C(N)=O)cc1OC(=O)OCC(C)C. The molecule has 0 aliphatic heterocycles. The van der Waals surface area contributed by atoms with E-state index in [1.807, 2.05) is 27.7 Å². The molecule has 5 N–H and O–H groups in total. The van der Waals surface area contributed by atoms with Gasteiger partial charge in [-0.2, -0.15) is 0 Å². The molecule has 0 saturated carbocycles. The number of primary amides is 1. The maximum Gasteiger partial charge on any atom is 0.513 e. The van der Waals surface area contributed by atoms with Crippen molar-refractivity contribution in [3.63, 3.8) is 0 Å². The average Bonchev–Trinajstić information content (AvgIpc) is 2.60. The van der Waals surface area contributed by atoms with Crippen LogP contribution in [0, 0.1) is 11.8 Å². The molecule has 156 valence electrons. The minimum Gasteiger partial charge on any atom is -0.434 e. The molecule has 1 amide bonds. The molecular weight excluding hydrogens is 368 g/mol. The van der Waals surface area contributed by atoms with Gasteiger partial charge < -0.3 is 30.4 Å². The summed E-state index contributed by atoms with van der Waals surface area (Å²) in [4.78, 5) is 35.0. The van der Waals surface area contributed by atoms with Crippen LogP contribution >= 0.6 is 0 Å². The van der Waals surface area contributed by atoms with Crippen LogP contribution in [0.3, 0.4) is 0 Å². The first kappa shape index (κ1) is 23.2. The predicted octanol–water partition coefficient (Wildman–Crippen LogP) is 1.67. The predicted molar refractivity (Wildman–Crippen MR) is 99.6 cm³/mol. The molecule has 1 rings (SSSR count). The largest absolute Gasteiger partial charge is 0.513 e. The fourth-order valence-corrected chi connectivity index (χ4v) is 1.94. The summed E-state index contributed by atoms with van der Waals surface area (Å²) in [5, 5.41) is 0. The number of hydrogen-bond acceptors (Lipinski definition) is 7. The maximum absolute atomic E-state index is 11.9. The van der Waals surface area contributed by atoms with Crippen LogP contribution in [-0.4, -0.2) is 37.5 Å². The van der Waals surface area contributed by atoms with Crippen LogP contribution in [0.5, 0.6) is 11.5 Å². The Morgan fingerprint density at radius 1 is 0.929 bits per heavy atom. The van der Waals surface area contributed by atoms with Gasteiger partial charge in [0.15, 0.2) is 17.5 Å². The van der Waals surface area contributed by atoms with E-state index in [1.54, 1.807) is 6.07 Å². The van der Waals surface area contributed by atoms with E-state index in [4.69, 9.17) is 24.7 Å². The standard InChI is InChI=1S/C19H28N2O7/c1-11(2)9-25-18(23)27-15-6-5-13(7-14(20)17(21)22)8-16(15)28-19(24)26-10-12(3)4/h5-6,8,11-12,14H,7,9-10,20H2,1-4H3,(H2,21,22)/p+1/t14-/m0/s1. The van der Waals surface area contributed by atoms with Gasteiger partial charge in [0.2, 0.25) is 0 Å². The summed E-state index contributed by atoms with van der Waals surface area (Å²) in [6, 6.07) is 3.84. The lowest BCUT2D eigenvalue weighted by Crippen LogP contribution is -2.67. The smallest absolute Gasteiger partial charge is 0.434 e. The zero-order valence-corrected chi connectivity index (χ0v) is 16.7. The van der Waals surface area contributed by atoms with Crippen LogP contribution < -0.4 is 20.9 Å². The van der Waals surface area contributed by atoms with Gasteiger partial charge in [-0.1, -0.05) is 33.8 Å².